The van der Waals surface area contributed by atoms with Crippen molar-refractivity contribution in [3.8, 4) is 0 Å². The number of carbonyl (C=O) groups is 2. The minimum absolute atomic E-state index is 0.00934. The third-order valence-electron chi connectivity index (χ3n) is 7.61. The van der Waals surface area contributed by atoms with Gasteiger partial charge in [-0.25, -0.2) is 0 Å². The molecule has 3 N–H and O–H groups in total. The number of amides is 2. The van der Waals surface area contributed by atoms with Crippen molar-refractivity contribution in [3.05, 3.63) is 82.6 Å². The van der Waals surface area contributed by atoms with Gasteiger partial charge in [0.2, 0.25) is 0 Å². The van der Waals surface area contributed by atoms with Gasteiger partial charge in [0.05, 0.1) is 37.7 Å². The van der Waals surface area contributed by atoms with E-state index in [0.29, 0.717) is 43.9 Å². The zero-order valence-corrected chi connectivity index (χ0v) is 21.4. The van der Waals surface area contributed by atoms with Crippen LogP contribution in [0.3, 0.4) is 0 Å². The van der Waals surface area contributed by atoms with Crippen molar-refractivity contribution in [2.45, 2.75) is 13.0 Å². The van der Waals surface area contributed by atoms with E-state index in [4.69, 9.17) is 15.2 Å². The summed E-state index contributed by atoms with van der Waals surface area (Å²) in [7, 11) is 0. The molecule has 38 heavy (non-hydrogen) atoms. The highest BCUT2D eigenvalue weighted by Gasteiger charge is 2.24. The minimum atomic E-state index is -0.487. The molecule has 0 unspecified atom stereocenters. The normalized spacial score (nSPS) is 18.5. The summed E-state index contributed by atoms with van der Waals surface area (Å²) in [6, 6.07) is 14.2. The molecule has 0 saturated carbocycles. The Hall–Kier alpha value is -3.72. The van der Waals surface area contributed by atoms with Gasteiger partial charge in [-0.1, -0.05) is 36.4 Å². The van der Waals surface area contributed by atoms with Gasteiger partial charge < -0.3 is 25.1 Å². The van der Waals surface area contributed by atoms with Gasteiger partial charge in [-0.3, -0.25) is 14.5 Å². The van der Waals surface area contributed by atoms with Gasteiger partial charge in [0, 0.05) is 49.2 Å². The third-order valence-corrected chi connectivity index (χ3v) is 7.61. The Bertz CT molecular complexity index is 1420. The van der Waals surface area contributed by atoms with E-state index in [0.717, 1.165) is 66.1 Å². The molecule has 3 aliphatic rings. The van der Waals surface area contributed by atoms with E-state index >= 15 is 0 Å². The maximum atomic E-state index is 13.0. The molecule has 3 heterocycles. The summed E-state index contributed by atoms with van der Waals surface area (Å²) in [6.45, 7) is 6.67. The topological polar surface area (TPSA) is 101 Å². The molecule has 2 amide bonds. The Kier molecular flexibility index (Phi) is 6.84. The Labute approximate surface area is 221 Å². The number of nitrogens with two attached hydrogens (primary N) is 1. The molecule has 1 aromatic heterocycles. The molecule has 8 nitrogen and oxygen atoms in total. The predicted octanol–water partition coefficient (Wildman–Crippen LogP) is 2.98. The average Bonchev–Trinajstić information content (AvgIpc) is 3.20. The lowest BCUT2D eigenvalue weighted by molar-refractivity contribution is -0.112. The second kappa shape index (κ2) is 10.6. The standard InChI is InChI=1S/C30H32N4O4/c31-29(35)26-17-22(21-3-1-20(2-4-21)19-33-9-13-37-14-10-33)5-8-25-24-7-6-23(18-27(24)32-28(25)26)30(36)34-11-15-38-16-12-34/h1-7,17-18,32H,8-16,19H2,(H2,31,35). The van der Waals surface area contributed by atoms with Crippen LogP contribution in [0.5, 0.6) is 0 Å². The summed E-state index contributed by atoms with van der Waals surface area (Å²) in [6.07, 6.45) is 4.66. The fourth-order valence-electron chi connectivity index (χ4n) is 5.49. The van der Waals surface area contributed by atoms with Gasteiger partial charge in [0.1, 0.15) is 0 Å². The van der Waals surface area contributed by atoms with Crippen LogP contribution in [-0.4, -0.2) is 79.2 Å². The molecule has 2 aliphatic heterocycles. The number of morpholine rings is 2. The van der Waals surface area contributed by atoms with E-state index in [9.17, 15) is 9.59 Å². The van der Waals surface area contributed by atoms with E-state index in [1.54, 1.807) is 0 Å². The van der Waals surface area contributed by atoms with Gasteiger partial charge in [0.15, 0.2) is 0 Å². The highest BCUT2D eigenvalue weighted by Crippen LogP contribution is 2.34. The third kappa shape index (κ3) is 4.90. The lowest BCUT2D eigenvalue weighted by atomic mass is 10.0. The maximum absolute atomic E-state index is 13.0. The van der Waals surface area contributed by atoms with Crippen LogP contribution in [0.2, 0.25) is 0 Å². The van der Waals surface area contributed by atoms with E-state index in [1.807, 2.05) is 29.2 Å². The summed E-state index contributed by atoms with van der Waals surface area (Å²) in [5.41, 5.74) is 12.8. The van der Waals surface area contributed by atoms with Gasteiger partial charge in [-0.15, -0.1) is 0 Å². The highest BCUT2D eigenvalue weighted by molar-refractivity contribution is 6.22. The Balaban J connectivity index is 1.27. The first kappa shape index (κ1) is 24.6. The summed E-state index contributed by atoms with van der Waals surface area (Å²) in [5.74, 6) is -0.496. The Morgan fingerprint density at radius 3 is 2.34 bits per heavy atom. The van der Waals surface area contributed by atoms with Gasteiger partial charge in [-0.05, 0) is 46.9 Å². The van der Waals surface area contributed by atoms with Crippen LogP contribution in [0.25, 0.3) is 22.0 Å². The summed E-state index contributed by atoms with van der Waals surface area (Å²) in [4.78, 5) is 33.2. The van der Waals surface area contributed by atoms with Crippen LogP contribution in [0.4, 0.5) is 0 Å². The molecule has 0 radical (unpaired) electrons. The zero-order chi connectivity index (χ0) is 26.1. The van der Waals surface area contributed by atoms with Crippen molar-refractivity contribution in [2.75, 3.05) is 52.6 Å². The number of hydrogen-bond acceptors (Lipinski definition) is 5. The first-order chi connectivity index (χ1) is 18.6. The number of nitrogens with zero attached hydrogens (tertiary/aromatic N) is 2. The number of H-pyrrole nitrogens is 1. The number of benzene rings is 2. The summed E-state index contributed by atoms with van der Waals surface area (Å²) >= 11 is 0. The maximum Gasteiger partial charge on any atom is 0.254 e. The largest absolute Gasteiger partial charge is 0.379 e. The number of carbonyl (C=O) groups excluding carboxylic acids is 2. The van der Waals surface area contributed by atoms with Gasteiger partial charge in [0.25, 0.3) is 11.8 Å². The summed E-state index contributed by atoms with van der Waals surface area (Å²) < 4.78 is 10.8. The molecule has 196 valence electrons. The first-order valence-corrected chi connectivity index (χ1v) is 13.2. The number of primary amides is 1. The minimum Gasteiger partial charge on any atom is -0.379 e. The lowest BCUT2D eigenvalue weighted by Crippen LogP contribution is -2.40. The van der Waals surface area contributed by atoms with Crippen molar-refractivity contribution < 1.29 is 19.1 Å². The van der Waals surface area contributed by atoms with Gasteiger partial charge >= 0.3 is 0 Å². The molecule has 0 spiro atoms. The van der Waals surface area contributed by atoms with Crippen LogP contribution >= 0.6 is 0 Å². The average molecular weight is 513 g/mol. The number of fused-ring (bicyclic) bond motifs is 3. The summed E-state index contributed by atoms with van der Waals surface area (Å²) in [5, 5.41) is 0.990. The fourth-order valence-corrected chi connectivity index (χ4v) is 5.49. The van der Waals surface area contributed by atoms with Crippen LogP contribution in [0, 0.1) is 0 Å². The predicted molar refractivity (Wildman–Crippen MR) is 146 cm³/mol. The molecular weight excluding hydrogens is 480 g/mol. The van der Waals surface area contributed by atoms with Crippen molar-refractivity contribution in [3.63, 3.8) is 0 Å². The molecule has 0 atom stereocenters. The SMILES string of the molecule is NC(=O)C1=CC(c2ccc(CN3CCOCC3)cc2)=CCc2c1[nH]c1cc(C(=O)N3CCOCC3)ccc21. The van der Waals surface area contributed by atoms with Crippen molar-refractivity contribution in [2.24, 2.45) is 5.73 Å². The number of ether oxygens (including phenoxy) is 2. The molecule has 2 saturated heterocycles. The lowest BCUT2D eigenvalue weighted by Gasteiger charge is -2.26. The molecule has 2 aromatic carbocycles. The smallest absolute Gasteiger partial charge is 0.254 e. The molecule has 8 heteroatoms. The first-order valence-electron chi connectivity index (χ1n) is 13.2. The van der Waals surface area contributed by atoms with Crippen LogP contribution in [0.15, 0.2) is 54.6 Å². The number of aromatic amines is 1. The monoisotopic (exact) mass is 512 g/mol. The number of nitrogens with one attached hydrogen (secondary N) is 1. The highest BCUT2D eigenvalue weighted by atomic mass is 16.5. The zero-order valence-electron chi connectivity index (χ0n) is 21.4. The number of hydrogen-bond donors (Lipinski definition) is 2. The van der Waals surface area contributed by atoms with Crippen LogP contribution in [-0.2, 0) is 27.2 Å². The Morgan fingerprint density at radius 2 is 1.63 bits per heavy atom. The van der Waals surface area contributed by atoms with Gasteiger partial charge in [-0.2, -0.15) is 0 Å². The van der Waals surface area contributed by atoms with Crippen molar-refractivity contribution >= 4 is 33.9 Å². The van der Waals surface area contributed by atoms with E-state index in [1.165, 1.54) is 5.56 Å². The van der Waals surface area contributed by atoms with Crippen LogP contribution in [0.1, 0.15) is 32.7 Å². The number of allylic oxidation sites excluding steroid dienone is 3. The molecule has 1 aliphatic carbocycles. The molecule has 2 fully saturated rings. The fraction of sp³-hybridized carbons (Fsp3) is 0.333. The number of rotatable bonds is 5. The molecule has 6 rings (SSSR count). The second-order valence-corrected chi connectivity index (χ2v) is 10.0. The molecular formula is C30H32N4O4. The van der Waals surface area contributed by atoms with E-state index in [-0.39, 0.29) is 5.91 Å². The van der Waals surface area contributed by atoms with Crippen molar-refractivity contribution in [1.29, 1.82) is 0 Å². The molecule has 0 bridgehead atoms. The van der Waals surface area contributed by atoms with Crippen molar-refractivity contribution in [1.82, 2.24) is 14.8 Å². The van der Waals surface area contributed by atoms with E-state index < -0.39 is 5.91 Å². The second-order valence-electron chi connectivity index (χ2n) is 10.0. The Morgan fingerprint density at radius 1 is 0.921 bits per heavy atom. The molecule has 3 aromatic rings. The number of aromatic nitrogens is 1. The quantitative estimate of drug-likeness (QED) is 0.548. The van der Waals surface area contributed by atoms with E-state index in [2.05, 4.69) is 40.2 Å². The van der Waals surface area contributed by atoms with Crippen LogP contribution < -0.4 is 5.73 Å².